The summed E-state index contributed by atoms with van der Waals surface area (Å²) >= 11 is 0. The van der Waals surface area contributed by atoms with Gasteiger partial charge in [0.2, 0.25) is 11.9 Å². The minimum absolute atomic E-state index is 0.0334. The molecular weight excluding hydrogens is 450 g/mol. The number of aromatic nitrogens is 3. The van der Waals surface area contributed by atoms with E-state index in [4.69, 9.17) is 0 Å². The van der Waals surface area contributed by atoms with Crippen molar-refractivity contribution in [3.8, 4) is 17.1 Å². The number of carbonyl (C=O) groups excluding carboxylic acids is 2. The smallest absolute Gasteiger partial charge is 0.254 e. The number of hydrogen-bond donors (Lipinski definition) is 1. The molecule has 8 nitrogen and oxygen atoms in total. The highest BCUT2D eigenvalue weighted by atomic mass is 32.2. The molecule has 1 saturated heterocycles. The van der Waals surface area contributed by atoms with Crippen molar-refractivity contribution < 1.29 is 13.8 Å². The van der Waals surface area contributed by atoms with Gasteiger partial charge in [0, 0.05) is 54.4 Å². The van der Waals surface area contributed by atoms with Crippen molar-refractivity contribution in [3.63, 3.8) is 0 Å². The van der Waals surface area contributed by atoms with Crippen molar-refractivity contribution in [1.82, 2.24) is 24.8 Å². The lowest BCUT2D eigenvalue weighted by Crippen LogP contribution is -2.49. The first-order valence-corrected chi connectivity index (χ1v) is 12.4. The summed E-state index contributed by atoms with van der Waals surface area (Å²) in [6.07, 6.45) is 6.89. The second-order valence-electron chi connectivity index (χ2n) is 8.27. The van der Waals surface area contributed by atoms with E-state index in [2.05, 4.69) is 21.4 Å². The van der Waals surface area contributed by atoms with Gasteiger partial charge >= 0.3 is 0 Å². The number of rotatable bonds is 4. The van der Waals surface area contributed by atoms with Crippen molar-refractivity contribution in [2.45, 2.75) is 11.8 Å². The van der Waals surface area contributed by atoms with Crippen molar-refractivity contribution >= 4 is 33.5 Å². The maximum Gasteiger partial charge on any atom is 0.254 e. The monoisotopic (exact) mass is 473 g/mol. The van der Waals surface area contributed by atoms with Crippen LogP contribution < -0.4 is 5.32 Å². The molecule has 0 radical (unpaired) electrons. The lowest BCUT2D eigenvalue weighted by Gasteiger charge is -2.26. The molecule has 0 bridgehead atoms. The Kier molecular flexibility index (Phi) is 5.70. The third kappa shape index (κ3) is 4.10. The molecule has 1 N–H and O–H groups in total. The molecular formula is C25H23N5O3S. The van der Waals surface area contributed by atoms with Gasteiger partial charge in [-0.1, -0.05) is 35.9 Å². The third-order valence-corrected chi connectivity index (χ3v) is 6.80. The maximum atomic E-state index is 13.1. The second-order valence-corrected chi connectivity index (χ2v) is 9.62. The van der Waals surface area contributed by atoms with Gasteiger partial charge < -0.3 is 10.2 Å². The standard InChI is InChI=1S/C25H23N5O3S/c1-16-4-3-5-17(10-16)19-12-27-25(28-13-19)30-14-22(34(2)33)20-7-6-18(11-21(20)30)24(32)29-9-8-26-23(31)15-29/h3-7,10-14H,8-9,15H2,1-2H3,(H,26,31). The average molecular weight is 474 g/mol. The average Bonchev–Trinajstić information content (AvgIpc) is 3.23. The number of hydrogen-bond acceptors (Lipinski definition) is 5. The van der Waals surface area contributed by atoms with Crippen LogP contribution in [-0.4, -0.2) is 61.3 Å². The van der Waals surface area contributed by atoms with Crippen LogP contribution in [0.2, 0.25) is 0 Å². The summed E-state index contributed by atoms with van der Waals surface area (Å²) in [4.78, 5) is 36.1. The number of benzene rings is 2. The Labute approximate surface area is 199 Å². The third-order valence-electron chi connectivity index (χ3n) is 5.86. The van der Waals surface area contributed by atoms with Gasteiger partial charge in [0.25, 0.3) is 5.91 Å². The number of piperazine rings is 1. The van der Waals surface area contributed by atoms with Gasteiger partial charge in [0.15, 0.2) is 0 Å². The Bertz CT molecular complexity index is 1440. The first-order chi connectivity index (χ1) is 16.4. The summed E-state index contributed by atoms with van der Waals surface area (Å²) in [5.74, 6) is 0.0225. The molecule has 0 saturated carbocycles. The summed E-state index contributed by atoms with van der Waals surface area (Å²) in [7, 11) is -1.24. The highest BCUT2D eigenvalue weighted by molar-refractivity contribution is 7.84. The number of nitrogens with one attached hydrogen (secondary N) is 1. The van der Waals surface area contributed by atoms with Crippen LogP contribution in [0.3, 0.4) is 0 Å². The van der Waals surface area contributed by atoms with Gasteiger partial charge in [-0.05, 0) is 24.6 Å². The Balaban J connectivity index is 1.56. The zero-order chi connectivity index (χ0) is 23.8. The molecule has 9 heteroatoms. The van der Waals surface area contributed by atoms with Crippen LogP contribution in [0.25, 0.3) is 28.0 Å². The molecule has 172 valence electrons. The zero-order valence-electron chi connectivity index (χ0n) is 18.8. The van der Waals surface area contributed by atoms with E-state index in [-0.39, 0.29) is 18.4 Å². The molecule has 1 unspecified atom stereocenters. The van der Waals surface area contributed by atoms with Crippen molar-refractivity contribution in [3.05, 3.63) is 72.2 Å². The van der Waals surface area contributed by atoms with E-state index in [1.165, 1.54) is 4.90 Å². The predicted molar refractivity (Wildman–Crippen MR) is 130 cm³/mol. The van der Waals surface area contributed by atoms with Gasteiger partial charge in [-0.3, -0.25) is 18.4 Å². The number of fused-ring (bicyclic) bond motifs is 1. The molecule has 3 heterocycles. The summed E-state index contributed by atoms with van der Waals surface area (Å²) in [5, 5.41) is 3.49. The Morgan fingerprint density at radius 3 is 2.59 bits per heavy atom. The van der Waals surface area contributed by atoms with Crippen molar-refractivity contribution in [2.24, 2.45) is 0 Å². The SMILES string of the molecule is Cc1cccc(-c2cnc(-n3cc(S(C)=O)c4ccc(C(=O)N5CCNC(=O)C5)cc43)nc2)c1. The van der Waals surface area contributed by atoms with Crippen LogP contribution in [0.5, 0.6) is 0 Å². The van der Waals surface area contributed by atoms with Gasteiger partial charge in [-0.15, -0.1) is 0 Å². The van der Waals surface area contributed by atoms with Crippen LogP contribution in [0.1, 0.15) is 15.9 Å². The summed E-state index contributed by atoms with van der Waals surface area (Å²) in [6.45, 7) is 2.96. The number of nitrogens with zero attached hydrogens (tertiary/aromatic N) is 4. The summed E-state index contributed by atoms with van der Waals surface area (Å²) in [5.41, 5.74) is 4.20. The second kappa shape index (κ2) is 8.83. The lowest BCUT2D eigenvalue weighted by atomic mass is 10.1. The van der Waals surface area contributed by atoms with Gasteiger partial charge in [-0.2, -0.15) is 0 Å². The number of amides is 2. The number of aryl methyl sites for hydroxylation is 1. The molecule has 0 spiro atoms. The van der Waals surface area contributed by atoms with Crippen molar-refractivity contribution in [1.29, 1.82) is 0 Å². The molecule has 2 aromatic heterocycles. The van der Waals surface area contributed by atoms with E-state index >= 15 is 0 Å². The fourth-order valence-electron chi connectivity index (χ4n) is 4.14. The molecule has 2 amide bonds. The number of carbonyl (C=O) groups is 2. The van der Waals surface area contributed by atoms with Crippen LogP contribution in [-0.2, 0) is 15.6 Å². The van der Waals surface area contributed by atoms with E-state index in [9.17, 15) is 13.8 Å². The fourth-order valence-corrected chi connectivity index (χ4v) is 4.87. The minimum Gasteiger partial charge on any atom is -0.353 e. The molecule has 1 aliphatic rings. The molecule has 4 aromatic rings. The Morgan fingerprint density at radius 2 is 1.88 bits per heavy atom. The van der Waals surface area contributed by atoms with Gasteiger partial charge in [0.1, 0.15) is 0 Å². The van der Waals surface area contributed by atoms with Crippen LogP contribution in [0.15, 0.2) is 66.0 Å². The molecule has 0 aliphatic carbocycles. The van der Waals surface area contributed by atoms with Crippen LogP contribution in [0, 0.1) is 6.92 Å². The fraction of sp³-hybridized carbons (Fsp3) is 0.200. The van der Waals surface area contributed by atoms with Crippen LogP contribution >= 0.6 is 0 Å². The van der Waals surface area contributed by atoms with E-state index in [1.54, 1.807) is 47.6 Å². The minimum atomic E-state index is -1.24. The van der Waals surface area contributed by atoms with Gasteiger partial charge in [-0.25, -0.2) is 9.97 Å². The summed E-state index contributed by atoms with van der Waals surface area (Å²) < 4.78 is 14.2. The van der Waals surface area contributed by atoms with Crippen LogP contribution in [0.4, 0.5) is 0 Å². The zero-order valence-corrected chi connectivity index (χ0v) is 19.6. The van der Waals surface area contributed by atoms with E-state index in [0.29, 0.717) is 35.0 Å². The molecule has 1 aliphatic heterocycles. The quantitative estimate of drug-likeness (QED) is 0.492. The first kappa shape index (κ1) is 22.0. The topological polar surface area (TPSA) is 97.2 Å². The first-order valence-electron chi connectivity index (χ1n) is 10.8. The van der Waals surface area contributed by atoms with E-state index in [1.807, 2.05) is 25.1 Å². The highest BCUT2D eigenvalue weighted by Gasteiger charge is 2.23. The van der Waals surface area contributed by atoms with Gasteiger partial charge in [0.05, 0.1) is 27.8 Å². The van der Waals surface area contributed by atoms with E-state index < -0.39 is 10.8 Å². The Hall–Kier alpha value is -3.85. The predicted octanol–water partition coefficient (Wildman–Crippen LogP) is 2.71. The molecule has 2 aromatic carbocycles. The lowest BCUT2D eigenvalue weighted by molar-refractivity contribution is -0.123. The Morgan fingerprint density at radius 1 is 1.09 bits per heavy atom. The molecule has 5 rings (SSSR count). The largest absolute Gasteiger partial charge is 0.353 e. The maximum absolute atomic E-state index is 13.1. The summed E-state index contributed by atoms with van der Waals surface area (Å²) in [6, 6.07) is 13.4. The van der Waals surface area contributed by atoms with E-state index in [0.717, 1.165) is 22.1 Å². The van der Waals surface area contributed by atoms with Crippen molar-refractivity contribution in [2.75, 3.05) is 25.9 Å². The molecule has 1 fully saturated rings. The normalized spacial score (nSPS) is 14.8. The molecule has 1 atom stereocenters. The molecule has 34 heavy (non-hydrogen) atoms. The highest BCUT2D eigenvalue weighted by Crippen LogP contribution is 2.28.